The predicted octanol–water partition coefficient (Wildman–Crippen LogP) is 3.39. The number of amides is 2. The summed E-state index contributed by atoms with van der Waals surface area (Å²) in [6.07, 6.45) is 5.43. The van der Waals surface area contributed by atoms with E-state index in [0.29, 0.717) is 74.7 Å². The van der Waals surface area contributed by atoms with Crippen LogP contribution in [0.3, 0.4) is 0 Å². The van der Waals surface area contributed by atoms with Crippen LogP contribution in [0.4, 0.5) is 14.6 Å². The summed E-state index contributed by atoms with van der Waals surface area (Å²) in [7, 11) is 2.03. The summed E-state index contributed by atoms with van der Waals surface area (Å²) in [5.74, 6) is -0.651. The molecule has 1 unspecified atom stereocenters. The zero-order chi connectivity index (χ0) is 38.3. The smallest absolute Gasteiger partial charge is 0.242 e. The molecule has 2 fully saturated rings. The maximum atomic E-state index is 14.9. The number of carbonyl (C=O) groups excluding carboxylic acids is 2. The number of rotatable bonds is 2. The summed E-state index contributed by atoms with van der Waals surface area (Å²) in [6, 6.07) is 16.3. The van der Waals surface area contributed by atoms with E-state index in [0.717, 1.165) is 47.3 Å². The van der Waals surface area contributed by atoms with Crippen molar-refractivity contribution in [1.29, 1.82) is 0 Å². The minimum absolute atomic E-state index is 0.0304. The number of aromatic nitrogens is 6. The van der Waals surface area contributed by atoms with Crippen LogP contribution in [0.1, 0.15) is 12.8 Å². The summed E-state index contributed by atoms with van der Waals surface area (Å²) in [5.41, 5.74) is 3.19. The summed E-state index contributed by atoms with van der Waals surface area (Å²) in [6.45, 7) is 4.64. The molecule has 3 aromatic heterocycles. The number of anilines is 1. The first-order chi connectivity index (χ1) is 27.3. The molecule has 16 heteroatoms. The normalized spacial score (nSPS) is 21.6. The number of nitrogens with one attached hydrogen (secondary N) is 2. The number of piperazine rings is 1. The van der Waals surface area contributed by atoms with E-state index in [-0.39, 0.29) is 23.5 Å². The molecule has 14 nitrogen and oxygen atoms in total. The van der Waals surface area contributed by atoms with Crippen molar-refractivity contribution in [1.82, 2.24) is 50.0 Å². The van der Waals surface area contributed by atoms with Crippen LogP contribution in [0.25, 0.3) is 38.8 Å². The van der Waals surface area contributed by atoms with Gasteiger partial charge < -0.3 is 25.2 Å². The average Bonchev–Trinajstić information content (AvgIpc) is 3.94. The third kappa shape index (κ3) is 6.90. The van der Waals surface area contributed by atoms with Crippen LogP contribution in [0, 0.1) is 11.6 Å². The maximum Gasteiger partial charge on any atom is 0.242 e. The van der Waals surface area contributed by atoms with Gasteiger partial charge in [0.05, 0.1) is 30.2 Å². The monoisotopic (exact) mass is 761 g/mol. The lowest BCUT2D eigenvalue weighted by molar-refractivity contribution is -0.128. The Morgan fingerprint density at radius 3 is 2.54 bits per heavy atom. The molecule has 6 heterocycles. The molecule has 2 saturated heterocycles. The van der Waals surface area contributed by atoms with Crippen molar-refractivity contribution in [3.05, 3.63) is 91.0 Å². The number of benzene rings is 3. The lowest BCUT2D eigenvalue weighted by Gasteiger charge is -2.39. The van der Waals surface area contributed by atoms with Crippen molar-refractivity contribution in [3.63, 3.8) is 0 Å². The van der Waals surface area contributed by atoms with Gasteiger partial charge in [-0.25, -0.2) is 23.4 Å². The molecule has 2 amide bonds. The van der Waals surface area contributed by atoms with Crippen molar-refractivity contribution in [3.8, 4) is 22.6 Å². The molecule has 3 aliphatic heterocycles. The summed E-state index contributed by atoms with van der Waals surface area (Å²) in [5, 5.41) is 17.0. The van der Waals surface area contributed by atoms with Crippen LogP contribution in [0.5, 0.6) is 5.75 Å². The van der Waals surface area contributed by atoms with Crippen molar-refractivity contribution in [2.24, 2.45) is 0 Å². The van der Waals surface area contributed by atoms with Crippen LogP contribution < -0.4 is 20.3 Å². The quantitative estimate of drug-likeness (QED) is 0.270. The van der Waals surface area contributed by atoms with E-state index in [1.54, 1.807) is 0 Å². The Bertz CT molecular complexity index is 2440. The van der Waals surface area contributed by atoms with Gasteiger partial charge in [0.2, 0.25) is 11.8 Å². The SMILES string of the molecule is CN1CCN2CCn3cc4c(cccc4n3)-c3cccc(c3)O[C@H]3C[C@@H](C(=O)NCCCNC(=O)C2C1)N(c1ncnc2c1cnn2-c1ccc(F)cc1F)C3. The molecule has 6 aromatic rings. The van der Waals surface area contributed by atoms with Gasteiger partial charge in [-0.3, -0.25) is 19.2 Å². The third-order valence-corrected chi connectivity index (χ3v) is 10.9. The molecule has 0 spiro atoms. The first-order valence-corrected chi connectivity index (χ1v) is 18.9. The summed E-state index contributed by atoms with van der Waals surface area (Å²) >= 11 is 0. The highest BCUT2D eigenvalue weighted by atomic mass is 19.1. The minimum Gasteiger partial charge on any atom is -0.488 e. The van der Waals surface area contributed by atoms with Gasteiger partial charge in [0, 0.05) is 63.3 Å². The molecule has 56 heavy (non-hydrogen) atoms. The number of hydrogen-bond acceptors (Lipinski definition) is 10. The third-order valence-electron chi connectivity index (χ3n) is 10.9. The fourth-order valence-electron chi connectivity index (χ4n) is 8.09. The standard InChI is InChI=1S/C40H41F2N11O3/c1-49-13-14-50-15-16-51-22-31-29(7-3-8-33(31)48-51)25-5-2-6-27(17-25)56-28-19-35(39(54)43-11-4-12-44-40(55)36(50)23-49)52(21-28)37-30-20-47-53(38(30)46-24-45-37)34-10-9-26(41)18-32(34)42/h2-3,5-10,17-18,20,22,24,28,35-36H,4,11-16,19,21,23H2,1H3,(H,43,54)(H,44,55)/t28-,35-,36?/m0/s1. The Kier molecular flexibility index (Phi) is 9.51. The van der Waals surface area contributed by atoms with Gasteiger partial charge in [0.15, 0.2) is 11.5 Å². The Labute approximate surface area is 321 Å². The highest BCUT2D eigenvalue weighted by Crippen LogP contribution is 2.35. The number of likely N-dealkylation sites (N-methyl/N-ethyl adjacent to an activating group) is 1. The number of carbonyl (C=O) groups is 2. The van der Waals surface area contributed by atoms with Crippen molar-refractivity contribution >= 4 is 39.6 Å². The van der Waals surface area contributed by atoms with Crippen molar-refractivity contribution in [2.75, 3.05) is 57.8 Å². The number of fused-ring (bicyclic) bond motifs is 8. The molecule has 3 aliphatic rings. The molecule has 288 valence electrons. The van der Waals surface area contributed by atoms with Crippen LogP contribution in [0.2, 0.25) is 0 Å². The largest absolute Gasteiger partial charge is 0.488 e. The molecular weight excluding hydrogens is 721 g/mol. The Hall–Kier alpha value is -6.00. The highest BCUT2D eigenvalue weighted by molar-refractivity contribution is 5.95. The second kappa shape index (κ2) is 14.9. The minimum atomic E-state index is -0.790. The van der Waals surface area contributed by atoms with E-state index in [2.05, 4.69) is 47.8 Å². The van der Waals surface area contributed by atoms with E-state index in [9.17, 15) is 18.4 Å². The van der Waals surface area contributed by atoms with Gasteiger partial charge in [0.25, 0.3) is 0 Å². The summed E-state index contributed by atoms with van der Waals surface area (Å²) < 4.78 is 38.5. The molecule has 0 saturated carbocycles. The zero-order valence-corrected chi connectivity index (χ0v) is 30.8. The molecule has 2 N–H and O–H groups in total. The van der Waals surface area contributed by atoms with Gasteiger partial charge in [-0.15, -0.1) is 0 Å². The van der Waals surface area contributed by atoms with Gasteiger partial charge >= 0.3 is 0 Å². The van der Waals surface area contributed by atoms with E-state index in [1.165, 1.54) is 23.3 Å². The Morgan fingerprint density at radius 2 is 1.68 bits per heavy atom. The topological polar surface area (TPSA) is 139 Å². The molecule has 6 bridgehead atoms. The molecule has 3 atom stereocenters. The lowest BCUT2D eigenvalue weighted by atomic mass is 10.0. The van der Waals surface area contributed by atoms with E-state index >= 15 is 0 Å². The average molecular weight is 762 g/mol. The van der Waals surface area contributed by atoms with Crippen LogP contribution >= 0.6 is 0 Å². The second-order valence-corrected chi connectivity index (χ2v) is 14.6. The lowest BCUT2D eigenvalue weighted by Crippen LogP contribution is -2.58. The number of ether oxygens (including phenoxy) is 1. The van der Waals surface area contributed by atoms with Gasteiger partial charge in [0.1, 0.15) is 47.6 Å². The zero-order valence-electron chi connectivity index (χ0n) is 30.8. The predicted molar refractivity (Wildman–Crippen MR) is 205 cm³/mol. The van der Waals surface area contributed by atoms with Crippen LogP contribution in [-0.4, -0.2) is 122 Å². The Morgan fingerprint density at radius 1 is 0.857 bits per heavy atom. The Balaban J connectivity index is 1.05. The molecule has 9 rings (SSSR count). The molecule has 0 radical (unpaired) electrons. The van der Waals surface area contributed by atoms with Gasteiger partial charge in [-0.1, -0.05) is 24.3 Å². The first kappa shape index (κ1) is 35.7. The second-order valence-electron chi connectivity index (χ2n) is 14.6. The van der Waals surface area contributed by atoms with E-state index in [4.69, 9.17) is 9.84 Å². The number of nitrogens with zero attached hydrogens (tertiary/aromatic N) is 9. The highest BCUT2D eigenvalue weighted by Gasteiger charge is 2.40. The summed E-state index contributed by atoms with van der Waals surface area (Å²) in [4.78, 5) is 42.8. The van der Waals surface area contributed by atoms with Gasteiger partial charge in [-0.2, -0.15) is 10.2 Å². The first-order valence-electron chi connectivity index (χ1n) is 18.9. The van der Waals surface area contributed by atoms with E-state index in [1.807, 2.05) is 53.0 Å². The van der Waals surface area contributed by atoms with E-state index < -0.39 is 23.8 Å². The van der Waals surface area contributed by atoms with Crippen molar-refractivity contribution < 1.29 is 23.1 Å². The number of hydrogen-bond donors (Lipinski definition) is 2. The van der Waals surface area contributed by atoms with Gasteiger partial charge in [-0.05, 0) is 54.9 Å². The fourth-order valence-corrected chi connectivity index (χ4v) is 8.09. The number of halogens is 2. The fraction of sp³-hybridized carbons (Fsp3) is 0.350. The maximum absolute atomic E-state index is 14.9. The molecular formula is C40H41F2N11O3. The van der Waals surface area contributed by atoms with Crippen molar-refractivity contribution in [2.45, 2.75) is 37.6 Å². The van der Waals surface area contributed by atoms with Crippen LogP contribution in [0.15, 0.2) is 79.4 Å². The molecule has 0 aliphatic carbocycles. The van der Waals surface area contributed by atoms with Crippen LogP contribution in [-0.2, 0) is 16.1 Å². The molecule has 3 aromatic carbocycles.